The Bertz CT molecular complexity index is 1040. The molecular formula is C32H40O4. The largest absolute Gasteiger partial charge is 0.469 e. The topological polar surface area (TPSA) is 52.6 Å². The summed E-state index contributed by atoms with van der Waals surface area (Å²) >= 11 is 0. The number of methoxy groups -OCH3 is 1. The molecular weight excluding hydrogens is 448 g/mol. The molecule has 1 aliphatic heterocycles. The molecule has 1 unspecified atom stereocenters. The van der Waals surface area contributed by atoms with E-state index in [2.05, 4.69) is 43.3 Å². The Hall–Kier alpha value is -2.62. The third kappa shape index (κ3) is 4.17. The summed E-state index contributed by atoms with van der Waals surface area (Å²) in [6.45, 7) is 2.25. The number of esters is 2. The van der Waals surface area contributed by atoms with E-state index in [-0.39, 0.29) is 23.8 Å². The molecule has 0 aromatic heterocycles. The molecule has 4 heteroatoms. The molecule has 1 spiro atoms. The second kappa shape index (κ2) is 10.8. The summed E-state index contributed by atoms with van der Waals surface area (Å²) in [4.78, 5) is 27.2. The van der Waals surface area contributed by atoms with E-state index >= 15 is 0 Å². The average molecular weight is 489 g/mol. The third-order valence-corrected chi connectivity index (χ3v) is 9.03. The highest BCUT2D eigenvalue weighted by Gasteiger charge is 2.69. The molecule has 1 heterocycles. The minimum atomic E-state index is -0.898. The van der Waals surface area contributed by atoms with Crippen molar-refractivity contribution in [1.82, 2.24) is 0 Å². The number of cyclic esters (lactones) is 1. The van der Waals surface area contributed by atoms with Crippen molar-refractivity contribution >= 4 is 11.9 Å². The SMILES string of the molecule is CCCCCCCCCCC[C@H]1OC(=O)C2(CC3c4ccccc4C2c2ccccc23)[C@@H]1C(=O)OC. The van der Waals surface area contributed by atoms with Gasteiger partial charge in [0.15, 0.2) is 0 Å². The van der Waals surface area contributed by atoms with Gasteiger partial charge >= 0.3 is 11.9 Å². The Morgan fingerprint density at radius 1 is 0.861 bits per heavy atom. The first-order valence-electron chi connectivity index (χ1n) is 14.1. The van der Waals surface area contributed by atoms with Crippen molar-refractivity contribution in [3.63, 3.8) is 0 Å². The lowest BCUT2D eigenvalue weighted by Gasteiger charge is -2.51. The molecule has 1 fully saturated rings. The Labute approximate surface area is 215 Å². The van der Waals surface area contributed by atoms with Gasteiger partial charge in [-0.2, -0.15) is 0 Å². The van der Waals surface area contributed by atoms with Crippen molar-refractivity contribution in [1.29, 1.82) is 0 Å². The van der Waals surface area contributed by atoms with Crippen molar-refractivity contribution in [3.05, 3.63) is 70.8 Å². The van der Waals surface area contributed by atoms with Crippen LogP contribution in [0.15, 0.2) is 48.5 Å². The number of rotatable bonds is 11. The number of ether oxygens (including phenoxy) is 2. The summed E-state index contributed by atoms with van der Waals surface area (Å²) in [6.07, 6.45) is 12.0. The molecule has 0 amide bonds. The van der Waals surface area contributed by atoms with Gasteiger partial charge in [-0.05, 0) is 41.5 Å². The molecule has 0 saturated carbocycles. The van der Waals surface area contributed by atoms with Gasteiger partial charge in [0.25, 0.3) is 0 Å². The van der Waals surface area contributed by atoms with Crippen LogP contribution in [-0.4, -0.2) is 25.2 Å². The molecule has 4 nitrogen and oxygen atoms in total. The highest BCUT2D eigenvalue weighted by atomic mass is 16.6. The van der Waals surface area contributed by atoms with Crippen molar-refractivity contribution in [2.45, 2.75) is 95.5 Å². The molecule has 1 saturated heterocycles. The van der Waals surface area contributed by atoms with Gasteiger partial charge < -0.3 is 9.47 Å². The molecule has 6 rings (SSSR count). The molecule has 4 aliphatic rings. The van der Waals surface area contributed by atoms with E-state index in [9.17, 15) is 9.59 Å². The lowest BCUT2D eigenvalue weighted by Crippen LogP contribution is -2.51. The van der Waals surface area contributed by atoms with Crippen LogP contribution >= 0.6 is 0 Å². The van der Waals surface area contributed by atoms with Crippen LogP contribution in [0.3, 0.4) is 0 Å². The van der Waals surface area contributed by atoms with Crippen molar-refractivity contribution in [2.75, 3.05) is 7.11 Å². The van der Waals surface area contributed by atoms with Crippen LogP contribution in [0.5, 0.6) is 0 Å². The zero-order valence-electron chi connectivity index (χ0n) is 21.8. The highest BCUT2D eigenvalue weighted by Crippen LogP contribution is 2.66. The van der Waals surface area contributed by atoms with Crippen LogP contribution in [0, 0.1) is 11.3 Å². The molecule has 2 bridgehead atoms. The summed E-state index contributed by atoms with van der Waals surface area (Å²) in [5.74, 6) is -1.17. The number of carbonyl (C=O) groups excluding carboxylic acids is 2. The van der Waals surface area contributed by atoms with Gasteiger partial charge in [-0.1, -0.05) is 107 Å². The third-order valence-electron chi connectivity index (χ3n) is 9.03. The second-order valence-electron chi connectivity index (χ2n) is 11.0. The molecule has 3 aliphatic carbocycles. The number of benzene rings is 2. The monoisotopic (exact) mass is 488 g/mol. The maximum absolute atomic E-state index is 13.8. The minimum Gasteiger partial charge on any atom is -0.469 e. The molecule has 0 radical (unpaired) electrons. The van der Waals surface area contributed by atoms with Crippen LogP contribution in [0.4, 0.5) is 0 Å². The van der Waals surface area contributed by atoms with E-state index in [0.717, 1.165) is 19.3 Å². The normalized spacial score (nSPS) is 27.6. The lowest BCUT2D eigenvalue weighted by atomic mass is 9.48. The van der Waals surface area contributed by atoms with E-state index in [0.29, 0.717) is 6.42 Å². The first kappa shape index (κ1) is 25.0. The van der Waals surface area contributed by atoms with Crippen LogP contribution in [0.2, 0.25) is 0 Å². The predicted molar refractivity (Wildman–Crippen MR) is 141 cm³/mol. The molecule has 2 aromatic rings. The molecule has 192 valence electrons. The number of carbonyl (C=O) groups is 2. The summed E-state index contributed by atoms with van der Waals surface area (Å²) in [6, 6.07) is 16.9. The molecule has 0 N–H and O–H groups in total. The zero-order valence-corrected chi connectivity index (χ0v) is 21.8. The Balaban J connectivity index is 1.36. The highest BCUT2D eigenvalue weighted by molar-refractivity contribution is 5.92. The summed E-state index contributed by atoms with van der Waals surface area (Å²) in [5, 5.41) is 0. The fraction of sp³-hybridized carbons (Fsp3) is 0.562. The van der Waals surface area contributed by atoms with Gasteiger partial charge in [0.1, 0.15) is 12.0 Å². The molecule has 36 heavy (non-hydrogen) atoms. The van der Waals surface area contributed by atoms with Crippen LogP contribution in [-0.2, 0) is 19.1 Å². The number of hydrogen-bond donors (Lipinski definition) is 0. The Kier molecular flexibility index (Phi) is 7.50. The quantitative estimate of drug-likeness (QED) is 0.246. The lowest BCUT2D eigenvalue weighted by molar-refractivity contribution is -0.155. The number of unbranched alkanes of at least 4 members (excludes halogenated alkanes) is 8. The predicted octanol–water partition coefficient (Wildman–Crippen LogP) is 7.29. The Morgan fingerprint density at radius 2 is 1.39 bits per heavy atom. The standard InChI is InChI=1S/C32H40O4/c1-3-4-5-6-7-8-9-10-11-20-27-29(30(33)35-2)32(31(34)36-27)21-26-22-16-12-14-18-24(22)28(32)25-19-15-13-17-23(25)26/h12-19,26-29H,3-11,20-21H2,1-2H3/t26?,27-,28?,29+,32?/m1/s1. The van der Waals surface area contributed by atoms with Gasteiger partial charge in [0, 0.05) is 11.8 Å². The first-order chi connectivity index (χ1) is 17.6. The fourth-order valence-corrected chi connectivity index (χ4v) is 7.40. The van der Waals surface area contributed by atoms with Gasteiger partial charge in [-0.15, -0.1) is 0 Å². The van der Waals surface area contributed by atoms with E-state index in [1.54, 1.807) is 0 Å². The van der Waals surface area contributed by atoms with Gasteiger partial charge in [-0.3, -0.25) is 9.59 Å². The van der Waals surface area contributed by atoms with E-state index < -0.39 is 17.4 Å². The van der Waals surface area contributed by atoms with Crippen molar-refractivity contribution in [3.8, 4) is 0 Å². The summed E-state index contributed by atoms with van der Waals surface area (Å²) in [7, 11) is 1.44. The van der Waals surface area contributed by atoms with Gasteiger partial charge in [0.2, 0.25) is 0 Å². The van der Waals surface area contributed by atoms with Crippen LogP contribution < -0.4 is 0 Å². The van der Waals surface area contributed by atoms with E-state index in [4.69, 9.17) is 9.47 Å². The fourth-order valence-electron chi connectivity index (χ4n) is 7.40. The van der Waals surface area contributed by atoms with Gasteiger partial charge in [0.05, 0.1) is 12.5 Å². The van der Waals surface area contributed by atoms with Gasteiger partial charge in [-0.25, -0.2) is 0 Å². The maximum atomic E-state index is 13.8. The number of hydrogen-bond acceptors (Lipinski definition) is 4. The zero-order chi connectivity index (χ0) is 25.1. The van der Waals surface area contributed by atoms with E-state index in [1.807, 2.05) is 12.1 Å². The van der Waals surface area contributed by atoms with Crippen molar-refractivity contribution < 1.29 is 19.1 Å². The maximum Gasteiger partial charge on any atom is 0.314 e. The average Bonchev–Trinajstić information content (AvgIpc) is 3.17. The van der Waals surface area contributed by atoms with Crippen LogP contribution in [0.1, 0.15) is 112 Å². The minimum absolute atomic E-state index is 0.0913. The summed E-state index contributed by atoms with van der Waals surface area (Å²) in [5.41, 5.74) is 4.00. The Morgan fingerprint density at radius 3 is 1.94 bits per heavy atom. The smallest absolute Gasteiger partial charge is 0.314 e. The second-order valence-corrected chi connectivity index (χ2v) is 11.0. The van der Waals surface area contributed by atoms with Crippen LogP contribution in [0.25, 0.3) is 0 Å². The summed E-state index contributed by atoms with van der Waals surface area (Å²) < 4.78 is 11.4. The molecule has 2 aromatic carbocycles. The van der Waals surface area contributed by atoms with Crippen molar-refractivity contribution in [2.24, 2.45) is 11.3 Å². The molecule has 3 atom stereocenters. The van der Waals surface area contributed by atoms with E-state index in [1.165, 1.54) is 74.3 Å². The first-order valence-corrected chi connectivity index (χ1v) is 14.1.